The van der Waals surface area contributed by atoms with Crippen LogP contribution in [0.5, 0.6) is 0 Å². The molecule has 0 radical (unpaired) electrons. The molecule has 4 heteroatoms. The van der Waals surface area contributed by atoms with Crippen LogP contribution < -0.4 is 5.32 Å². The maximum atomic E-state index is 4.07. The SMILES string of the molecule is C1=Cc2c([nH]c3ccccc23)C(c2cccc3ccccc23)N1.c1ccc2ncncc2c1. The maximum absolute atomic E-state index is 4.07. The van der Waals surface area contributed by atoms with Crippen LogP contribution in [0.1, 0.15) is 22.9 Å². The standard InChI is InChI=1S/C21H16N2.C8H6N2/c1-2-8-15-14(6-1)7-5-10-17(15)20-21-18(12-13-22-20)16-9-3-4-11-19(16)23-21;1-2-4-8-7(3-1)5-9-6-10-8/h1-13,20,22-23H;1-6H. The van der Waals surface area contributed by atoms with Crippen molar-refractivity contribution < 1.29 is 0 Å². The van der Waals surface area contributed by atoms with E-state index in [1.165, 1.54) is 38.5 Å². The zero-order chi connectivity index (χ0) is 22.0. The Morgan fingerprint density at radius 3 is 2.36 bits per heavy atom. The number of rotatable bonds is 1. The molecule has 1 aliphatic rings. The Labute approximate surface area is 191 Å². The number of H-pyrrole nitrogens is 1. The van der Waals surface area contributed by atoms with E-state index in [2.05, 4.69) is 99.3 Å². The number of hydrogen-bond donors (Lipinski definition) is 2. The number of benzene rings is 4. The molecule has 4 aromatic carbocycles. The second-order valence-corrected chi connectivity index (χ2v) is 8.08. The van der Waals surface area contributed by atoms with Crippen molar-refractivity contribution in [3.05, 3.63) is 127 Å². The minimum absolute atomic E-state index is 0.147. The zero-order valence-electron chi connectivity index (χ0n) is 17.9. The van der Waals surface area contributed by atoms with E-state index < -0.39 is 0 Å². The van der Waals surface area contributed by atoms with Gasteiger partial charge in [0.05, 0.1) is 17.3 Å². The average Bonchev–Trinajstić information content (AvgIpc) is 3.28. The van der Waals surface area contributed by atoms with Crippen LogP contribution in [0, 0.1) is 0 Å². The Hall–Kier alpha value is -4.44. The van der Waals surface area contributed by atoms with Gasteiger partial charge in [-0.2, -0.15) is 0 Å². The Bertz CT molecular complexity index is 1540. The first-order valence-electron chi connectivity index (χ1n) is 11.0. The van der Waals surface area contributed by atoms with Gasteiger partial charge in [0, 0.05) is 28.0 Å². The molecule has 33 heavy (non-hydrogen) atoms. The highest BCUT2D eigenvalue weighted by molar-refractivity contribution is 5.93. The minimum Gasteiger partial charge on any atom is -0.379 e. The van der Waals surface area contributed by atoms with E-state index >= 15 is 0 Å². The van der Waals surface area contributed by atoms with Crippen LogP contribution in [-0.4, -0.2) is 15.0 Å². The summed E-state index contributed by atoms with van der Waals surface area (Å²) in [6, 6.07) is 31.6. The first kappa shape index (κ1) is 19.3. The number of fused-ring (bicyclic) bond motifs is 5. The van der Waals surface area contributed by atoms with Crippen molar-refractivity contribution in [2.24, 2.45) is 0 Å². The average molecular weight is 427 g/mol. The van der Waals surface area contributed by atoms with Crippen molar-refractivity contribution in [1.82, 2.24) is 20.3 Å². The van der Waals surface area contributed by atoms with E-state index in [4.69, 9.17) is 0 Å². The van der Waals surface area contributed by atoms with Crippen molar-refractivity contribution in [2.75, 3.05) is 0 Å². The van der Waals surface area contributed by atoms with Crippen molar-refractivity contribution in [3.8, 4) is 0 Å². The second kappa shape index (κ2) is 8.24. The third-order valence-electron chi connectivity index (χ3n) is 6.13. The van der Waals surface area contributed by atoms with E-state index in [0.29, 0.717) is 0 Å². The van der Waals surface area contributed by atoms with Gasteiger partial charge in [-0.05, 0) is 40.7 Å². The van der Waals surface area contributed by atoms with Crippen LogP contribution in [0.25, 0.3) is 38.7 Å². The Morgan fingerprint density at radius 1 is 0.697 bits per heavy atom. The lowest BCUT2D eigenvalue weighted by Gasteiger charge is -2.23. The molecule has 3 heterocycles. The molecule has 0 fully saturated rings. The number of nitrogens with one attached hydrogen (secondary N) is 2. The smallest absolute Gasteiger partial charge is 0.116 e. The highest BCUT2D eigenvalue weighted by Gasteiger charge is 2.23. The van der Waals surface area contributed by atoms with Gasteiger partial charge in [0.2, 0.25) is 0 Å². The largest absolute Gasteiger partial charge is 0.379 e. The first-order chi connectivity index (χ1) is 16.4. The fourth-order valence-corrected chi connectivity index (χ4v) is 4.57. The summed E-state index contributed by atoms with van der Waals surface area (Å²) in [5.74, 6) is 0. The van der Waals surface area contributed by atoms with Crippen LogP contribution in [-0.2, 0) is 0 Å². The topological polar surface area (TPSA) is 53.6 Å². The number of aromatic nitrogens is 3. The summed E-state index contributed by atoms with van der Waals surface area (Å²) in [6.45, 7) is 0. The van der Waals surface area contributed by atoms with Gasteiger partial charge in [-0.25, -0.2) is 9.97 Å². The minimum atomic E-state index is 0.147. The maximum Gasteiger partial charge on any atom is 0.116 e. The fraction of sp³-hybridized carbons (Fsp3) is 0.0345. The molecule has 0 spiro atoms. The summed E-state index contributed by atoms with van der Waals surface area (Å²) >= 11 is 0. The van der Waals surface area contributed by atoms with E-state index in [-0.39, 0.29) is 6.04 Å². The molecule has 7 rings (SSSR count). The normalized spacial score (nSPS) is 14.5. The monoisotopic (exact) mass is 426 g/mol. The molecule has 2 N–H and O–H groups in total. The molecule has 0 saturated heterocycles. The molecule has 6 aromatic rings. The molecule has 1 atom stereocenters. The van der Waals surface area contributed by atoms with Crippen LogP contribution in [0.4, 0.5) is 0 Å². The molecule has 0 aliphatic carbocycles. The van der Waals surface area contributed by atoms with Gasteiger partial charge < -0.3 is 10.3 Å². The predicted octanol–water partition coefficient (Wildman–Crippen LogP) is 6.61. The summed E-state index contributed by atoms with van der Waals surface area (Å²) in [6.07, 6.45) is 7.59. The summed E-state index contributed by atoms with van der Waals surface area (Å²) in [4.78, 5) is 11.6. The third-order valence-corrected chi connectivity index (χ3v) is 6.13. The summed E-state index contributed by atoms with van der Waals surface area (Å²) in [5, 5.41) is 8.48. The van der Waals surface area contributed by atoms with Gasteiger partial charge >= 0.3 is 0 Å². The van der Waals surface area contributed by atoms with Gasteiger partial charge in [0.15, 0.2) is 0 Å². The number of aromatic amines is 1. The Balaban J connectivity index is 0.000000173. The number of hydrogen-bond acceptors (Lipinski definition) is 3. The van der Waals surface area contributed by atoms with Crippen LogP contribution in [0.3, 0.4) is 0 Å². The lowest BCUT2D eigenvalue weighted by molar-refractivity contribution is 0.709. The fourth-order valence-electron chi connectivity index (χ4n) is 4.57. The van der Waals surface area contributed by atoms with Gasteiger partial charge in [-0.15, -0.1) is 0 Å². The van der Waals surface area contributed by atoms with E-state index in [9.17, 15) is 0 Å². The molecular formula is C29H22N4. The lowest BCUT2D eigenvalue weighted by atomic mass is 9.93. The van der Waals surface area contributed by atoms with Crippen molar-refractivity contribution in [1.29, 1.82) is 0 Å². The Kier molecular flexibility index (Phi) is 4.81. The van der Waals surface area contributed by atoms with Gasteiger partial charge in [0.1, 0.15) is 6.33 Å². The summed E-state index contributed by atoms with van der Waals surface area (Å²) in [7, 11) is 0. The molecule has 158 valence electrons. The summed E-state index contributed by atoms with van der Waals surface area (Å²) < 4.78 is 0. The van der Waals surface area contributed by atoms with Crippen molar-refractivity contribution in [3.63, 3.8) is 0 Å². The van der Waals surface area contributed by atoms with Gasteiger partial charge in [0.25, 0.3) is 0 Å². The number of nitrogens with zero attached hydrogens (tertiary/aromatic N) is 2. The molecule has 1 aliphatic heterocycles. The van der Waals surface area contributed by atoms with Crippen LogP contribution >= 0.6 is 0 Å². The zero-order valence-corrected chi connectivity index (χ0v) is 17.9. The van der Waals surface area contributed by atoms with Crippen LogP contribution in [0.15, 0.2) is 110 Å². The highest BCUT2D eigenvalue weighted by atomic mass is 14.9. The van der Waals surface area contributed by atoms with E-state index in [0.717, 1.165) is 10.9 Å². The summed E-state index contributed by atoms with van der Waals surface area (Å²) in [5.41, 5.74) is 6.02. The third kappa shape index (κ3) is 3.52. The number of para-hydroxylation sites is 2. The van der Waals surface area contributed by atoms with Crippen LogP contribution in [0.2, 0.25) is 0 Å². The molecule has 0 bridgehead atoms. The van der Waals surface area contributed by atoms with Gasteiger partial charge in [-0.1, -0.05) is 78.9 Å². The molecule has 2 aromatic heterocycles. The molecule has 4 nitrogen and oxygen atoms in total. The molecule has 0 saturated carbocycles. The quantitative estimate of drug-likeness (QED) is 0.311. The molecular weight excluding hydrogens is 404 g/mol. The molecule has 0 amide bonds. The van der Waals surface area contributed by atoms with Crippen molar-refractivity contribution >= 4 is 38.7 Å². The molecule has 1 unspecified atom stereocenters. The van der Waals surface area contributed by atoms with Crippen molar-refractivity contribution in [2.45, 2.75) is 6.04 Å². The first-order valence-corrected chi connectivity index (χ1v) is 11.0. The van der Waals surface area contributed by atoms with E-state index in [1.807, 2.05) is 30.5 Å². The van der Waals surface area contributed by atoms with Gasteiger partial charge in [-0.3, -0.25) is 0 Å². The highest BCUT2D eigenvalue weighted by Crippen LogP contribution is 2.36. The second-order valence-electron chi connectivity index (χ2n) is 8.08. The Morgan fingerprint density at radius 2 is 1.45 bits per heavy atom. The lowest BCUT2D eigenvalue weighted by Crippen LogP contribution is -2.21. The van der Waals surface area contributed by atoms with E-state index in [1.54, 1.807) is 6.33 Å². The predicted molar refractivity (Wildman–Crippen MR) is 136 cm³/mol.